The second kappa shape index (κ2) is 15.3. The predicted molar refractivity (Wildman–Crippen MR) is 159 cm³/mol. The number of amides is 3. The second-order valence-electron chi connectivity index (χ2n) is 11.6. The Morgan fingerprint density at radius 1 is 0.907 bits per heavy atom. The van der Waals surface area contributed by atoms with Gasteiger partial charge in [0.2, 0.25) is 11.8 Å². The first-order chi connectivity index (χ1) is 20.3. The molecule has 3 aromatic carbocycles. The molecule has 0 aliphatic heterocycles. The summed E-state index contributed by atoms with van der Waals surface area (Å²) in [5.41, 5.74) is 0.891. The van der Waals surface area contributed by atoms with Gasteiger partial charge < -0.3 is 15.4 Å². The first kappa shape index (κ1) is 33.2. The van der Waals surface area contributed by atoms with Crippen molar-refractivity contribution in [2.45, 2.75) is 65.5 Å². The number of para-hydroxylation sites is 1. The molecule has 3 amide bonds. The molecule has 0 aromatic heterocycles. The standard InChI is InChI=1S/C33H40FN3O6/c1-22(24-13-7-5-8-14-24)35-32(40)30(33(2,3)4)36-31(39)25(21-29(38)37(41)42)15-11-12-23-18-19-28(27(34)20-23)43-26-16-9-6-10-17-26/h5-10,13-14,16-20,22,25,30,41-42H,11-12,15,21H2,1-4H3,(H,35,40)(H,36,39)/t22-,25-,30-/m1/s1. The van der Waals surface area contributed by atoms with Crippen LogP contribution in [0.1, 0.15) is 64.1 Å². The molecule has 10 heteroatoms. The molecular formula is C33H40FN3O6. The lowest BCUT2D eigenvalue weighted by molar-refractivity contribution is -0.285. The van der Waals surface area contributed by atoms with Crippen LogP contribution in [0.25, 0.3) is 0 Å². The number of hydrogen-bond donors (Lipinski definition) is 4. The SMILES string of the molecule is C[C@@H](NC(=O)[C@@H](NC(=O)[C@H](CCCc1ccc(Oc2ccccc2)c(F)c1)CC(=O)N(O)O)C(C)(C)C)c1ccccc1. The van der Waals surface area contributed by atoms with E-state index in [1.54, 1.807) is 30.3 Å². The largest absolute Gasteiger partial charge is 0.454 e. The van der Waals surface area contributed by atoms with E-state index < -0.39 is 46.7 Å². The minimum Gasteiger partial charge on any atom is -0.454 e. The van der Waals surface area contributed by atoms with Crippen LogP contribution in [0.5, 0.6) is 11.5 Å². The monoisotopic (exact) mass is 593 g/mol. The fourth-order valence-electron chi connectivity index (χ4n) is 4.63. The average molecular weight is 594 g/mol. The van der Waals surface area contributed by atoms with E-state index in [-0.39, 0.29) is 24.1 Å². The van der Waals surface area contributed by atoms with Crippen molar-refractivity contribution < 1.29 is 33.9 Å². The number of ether oxygens (including phenoxy) is 1. The molecule has 0 heterocycles. The van der Waals surface area contributed by atoms with Gasteiger partial charge in [0.15, 0.2) is 11.6 Å². The third kappa shape index (κ3) is 10.2. The highest BCUT2D eigenvalue weighted by atomic mass is 19.1. The number of carbonyl (C=O) groups excluding carboxylic acids is 3. The number of nitrogens with zero attached hydrogens (tertiary/aromatic N) is 1. The molecule has 9 nitrogen and oxygen atoms in total. The first-order valence-electron chi connectivity index (χ1n) is 14.2. The molecule has 0 fully saturated rings. The molecule has 4 N–H and O–H groups in total. The molecule has 0 saturated carbocycles. The predicted octanol–water partition coefficient (Wildman–Crippen LogP) is 5.96. The maximum absolute atomic E-state index is 14.7. The van der Waals surface area contributed by atoms with Gasteiger partial charge in [-0.2, -0.15) is 0 Å². The summed E-state index contributed by atoms with van der Waals surface area (Å²) < 4.78 is 20.3. The molecule has 0 aliphatic carbocycles. The van der Waals surface area contributed by atoms with Crippen LogP contribution < -0.4 is 15.4 Å². The highest BCUT2D eigenvalue weighted by Gasteiger charge is 2.35. The molecule has 3 rings (SSSR count). The zero-order chi connectivity index (χ0) is 31.6. The van der Waals surface area contributed by atoms with E-state index in [0.29, 0.717) is 24.2 Å². The van der Waals surface area contributed by atoms with Crippen LogP contribution in [0.4, 0.5) is 4.39 Å². The van der Waals surface area contributed by atoms with Crippen LogP contribution in [-0.4, -0.2) is 39.4 Å². The second-order valence-corrected chi connectivity index (χ2v) is 11.6. The Kier molecular flexibility index (Phi) is 11.8. The summed E-state index contributed by atoms with van der Waals surface area (Å²) in [6.45, 7) is 7.28. The van der Waals surface area contributed by atoms with E-state index in [0.717, 1.165) is 5.56 Å². The molecule has 0 spiro atoms. The highest BCUT2D eigenvalue weighted by molar-refractivity contribution is 5.91. The molecule has 43 heavy (non-hydrogen) atoms. The Morgan fingerprint density at radius 2 is 1.53 bits per heavy atom. The molecule has 230 valence electrons. The number of nitrogens with one attached hydrogen (secondary N) is 2. The molecule has 0 unspecified atom stereocenters. The average Bonchev–Trinajstić information content (AvgIpc) is 2.96. The van der Waals surface area contributed by atoms with Crippen molar-refractivity contribution in [1.82, 2.24) is 15.9 Å². The minimum atomic E-state index is -1.07. The molecule has 0 radical (unpaired) electrons. The van der Waals surface area contributed by atoms with Crippen LogP contribution in [0.2, 0.25) is 0 Å². The van der Waals surface area contributed by atoms with E-state index in [9.17, 15) is 29.2 Å². The lowest BCUT2D eigenvalue weighted by Gasteiger charge is -2.32. The maximum Gasteiger partial charge on any atom is 0.273 e. The van der Waals surface area contributed by atoms with E-state index in [2.05, 4.69) is 10.6 Å². The van der Waals surface area contributed by atoms with Crippen LogP contribution in [0, 0.1) is 17.2 Å². The van der Waals surface area contributed by atoms with Crippen LogP contribution >= 0.6 is 0 Å². The summed E-state index contributed by atoms with van der Waals surface area (Å²) in [6, 6.07) is 21.6. The number of hydroxylamine groups is 2. The number of benzene rings is 3. The summed E-state index contributed by atoms with van der Waals surface area (Å²) >= 11 is 0. The number of halogens is 1. The van der Waals surface area contributed by atoms with E-state index in [4.69, 9.17) is 4.74 Å². The summed E-state index contributed by atoms with van der Waals surface area (Å²) in [5, 5.41) is 23.6. The number of rotatable bonds is 13. The van der Waals surface area contributed by atoms with Crippen LogP contribution in [0.3, 0.4) is 0 Å². The summed E-state index contributed by atoms with van der Waals surface area (Å²) in [5.74, 6) is -2.95. The van der Waals surface area contributed by atoms with Gasteiger partial charge in [-0.05, 0) is 67.0 Å². The summed E-state index contributed by atoms with van der Waals surface area (Å²) in [6.07, 6.45) is 0.461. The fourth-order valence-corrected chi connectivity index (χ4v) is 4.63. The Morgan fingerprint density at radius 3 is 2.12 bits per heavy atom. The van der Waals surface area contributed by atoms with Gasteiger partial charge in [0, 0.05) is 12.3 Å². The van der Waals surface area contributed by atoms with Gasteiger partial charge in [-0.15, -0.1) is 0 Å². The van der Waals surface area contributed by atoms with Crippen LogP contribution in [0.15, 0.2) is 78.9 Å². The third-order valence-electron chi connectivity index (χ3n) is 7.07. The Bertz CT molecular complexity index is 1360. The fraction of sp³-hybridized carbons (Fsp3) is 0.364. The van der Waals surface area contributed by atoms with Gasteiger partial charge in [0.25, 0.3) is 5.91 Å². The molecule has 0 bridgehead atoms. The number of aryl methyl sites for hydroxylation is 1. The van der Waals surface area contributed by atoms with Gasteiger partial charge >= 0.3 is 0 Å². The maximum atomic E-state index is 14.7. The van der Waals surface area contributed by atoms with E-state index in [1.807, 2.05) is 64.1 Å². The van der Waals surface area contributed by atoms with Crippen molar-refractivity contribution in [3.8, 4) is 11.5 Å². The van der Waals surface area contributed by atoms with Crippen molar-refractivity contribution in [2.24, 2.45) is 11.3 Å². The lowest BCUT2D eigenvalue weighted by atomic mass is 9.85. The van der Waals surface area contributed by atoms with Crippen molar-refractivity contribution in [3.63, 3.8) is 0 Å². The Hall–Kier alpha value is -4.28. The zero-order valence-electron chi connectivity index (χ0n) is 24.9. The third-order valence-corrected chi connectivity index (χ3v) is 7.07. The minimum absolute atomic E-state index is 0.0804. The topological polar surface area (TPSA) is 128 Å². The summed E-state index contributed by atoms with van der Waals surface area (Å²) in [4.78, 5) is 38.9. The Balaban J connectivity index is 1.67. The van der Waals surface area contributed by atoms with Crippen LogP contribution in [-0.2, 0) is 20.8 Å². The number of carbonyl (C=O) groups is 3. The quantitative estimate of drug-likeness (QED) is 0.143. The lowest BCUT2D eigenvalue weighted by Crippen LogP contribution is -2.55. The Labute approximate surface area is 251 Å². The molecule has 3 atom stereocenters. The molecular weight excluding hydrogens is 553 g/mol. The zero-order valence-corrected chi connectivity index (χ0v) is 24.9. The van der Waals surface area contributed by atoms with E-state index >= 15 is 0 Å². The van der Waals surface area contributed by atoms with Gasteiger partial charge in [-0.3, -0.25) is 24.8 Å². The first-order valence-corrected chi connectivity index (χ1v) is 14.2. The summed E-state index contributed by atoms with van der Waals surface area (Å²) in [7, 11) is 0. The smallest absolute Gasteiger partial charge is 0.273 e. The highest BCUT2D eigenvalue weighted by Crippen LogP contribution is 2.27. The van der Waals surface area contributed by atoms with Gasteiger partial charge in [0.1, 0.15) is 11.8 Å². The van der Waals surface area contributed by atoms with Crippen molar-refractivity contribution in [1.29, 1.82) is 0 Å². The van der Waals surface area contributed by atoms with Crippen molar-refractivity contribution in [3.05, 3.63) is 95.8 Å². The molecule has 0 saturated heterocycles. The number of hydrogen-bond acceptors (Lipinski definition) is 6. The normalized spacial score (nSPS) is 13.4. The van der Waals surface area contributed by atoms with Gasteiger partial charge in [-0.1, -0.05) is 80.6 Å². The van der Waals surface area contributed by atoms with E-state index in [1.165, 1.54) is 12.1 Å². The molecule has 3 aromatic rings. The van der Waals surface area contributed by atoms with Crippen molar-refractivity contribution in [2.75, 3.05) is 0 Å². The van der Waals surface area contributed by atoms with Gasteiger partial charge in [-0.25, -0.2) is 4.39 Å². The molecule has 0 aliphatic rings. The van der Waals surface area contributed by atoms with Gasteiger partial charge in [0.05, 0.1) is 6.04 Å². The van der Waals surface area contributed by atoms with Crippen molar-refractivity contribution >= 4 is 17.7 Å².